The molecular weight excluding hydrogens is 256 g/mol. The smallest absolute Gasteiger partial charge is 0.317 e. The van der Waals surface area contributed by atoms with Gasteiger partial charge in [0.1, 0.15) is 0 Å². The molecule has 1 unspecified atom stereocenters. The fourth-order valence-corrected chi connectivity index (χ4v) is 2.55. The Hall–Kier alpha value is -1.26. The first-order valence-corrected chi connectivity index (χ1v) is 7.64. The van der Waals surface area contributed by atoms with E-state index in [0.29, 0.717) is 12.0 Å². The number of carboxylic acid groups (broad SMARTS) is 1. The van der Waals surface area contributed by atoms with Crippen LogP contribution in [-0.4, -0.2) is 41.6 Å². The average molecular weight is 284 g/mol. The summed E-state index contributed by atoms with van der Waals surface area (Å²) >= 11 is 0. The van der Waals surface area contributed by atoms with Gasteiger partial charge in [0.2, 0.25) is 0 Å². The van der Waals surface area contributed by atoms with E-state index < -0.39 is 5.97 Å². The quantitative estimate of drug-likeness (QED) is 0.788. The number of hydrogen-bond acceptors (Lipinski definition) is 2. The van der Waals surface area contributed by atoms with E-state index in [1.165, 1.54) is 0 Å². The number of likely N-dealkylation sites (tertiary alicyclic amines) is 1. The molecule has 116 valence electrons. The van der Waals surface area contributed by atoms with Crippen LogP contribution in [0.2, 0.25) is 0 Å². The number of urea groups is 1. The third-order valence-electron chi connectivity index (χ3n) is 4.69. The summed E-state index contributed by atoms with van der Waals surface area (Å²) in [5, 5.41) is 11.7. The predicted molar refractivity (Wildman–Crippen MR) is 78.6 cm³/mol. The van der Waals surface area contributed by atoms with Crippen molar-refractivity contribution in [3.63, 3.8) is 0 Å². The Morgan fingerprint density at radius 1 is 1.30 bits per heavy atom. The van der Waals surface area contributed by atoms with Crippen LogP contribution in [0.15, 0.2) is 0 Å². The first kappa shape index (κ1) is 16.8. The number of piperidine rings is 1. The van der Waals surface area contributed by atoms with Gasteiger partial charge in [0.15, 0.2) is 0 Å². The van der Waals surface area contributed by atoms with Crippen molar-refractivity contribution >= 4 is 12.0 Å². The van der Waals surface area contributed by atoms with Crippen molar-refractivity contribution in [1.29, 1.82) is 0 Å². The third kappa shape index (κ3) is 5.02. The monoisotopic (exact) mass is 284 g/mol. The molecule has 5 heteroatoms. The van der Waals surface area contributed by atoms with Crippen molar-refractivity contribution in [3.05, 3.63) is 0 Å². The second kappa shape index (κ2) is 7.50. The second-order valence-corrected chi connectivity index (χ2v) is 6.21. The molecule has 0 radical (unpaired) electrons. The van der Waals surface area contributed by atoms with E-state index in [1.807, 2.05) is 11.8 Å². The maximum Gasteiger partial charge on any atom is 0.317 e. The van der Waals surface area contributed by atoms with E-state index in [1.54, 1.807) is 0 Å². The van der Waals surface area contributed by atoms with Crippen molar-refractivity contribution < 1.29 is 14.7 Å². The highest BCUT2D eigenvalue weighted by Gasteiger charge is 2.30. The number of rotatable bonds is 6. The van der Waals surface area contributed by atoms with Gasteiger partial charge >= 0.3 is 12.0 Å². The lowest BCUT2D eigenvalue weighted by Gasteiger charge is -2.39. The number of carbonyl (C=O) groups excluding carboxylic acids is 1. The number of carboxylic acids is 1. The average Bonchev–Trinajstić information content (AvgIpc) is 2.43. The summed E-state index contributed by atoms with van der Waals surface area (Å²) in [6, 6.07) is -0.0491. The van der Waals surface area contributed by atoms with Crippen molar-refractivity contribution in [2.24, 2.45) is 11.3 Å². The van der Waals surface area contributed by atoms with Crippen molar-refractivity contribution in [3.8, 4) is 0 Å². The van der Waals surface area contributed by atoms with Gasteiger partial charge in [-0.2, -0.15) is 0 Å². The van der Waals surface area contributed by atoms with Gasteiger partial charge in [-0.1, -0.05) is 33.6 Å². The first-order valence-electron chi connectivity index (χ1n) is 7.64. The van der Waals surface area contributed by atoms with Gasteiger partial charge in [0.05, 0.1) is 0 Å². The summed E-state index contributed by atoms with van der Waals surface area (Å²) in [6.45, 7) is 8.48. The molecule has 5 nitrogen and oxygen atoms in total. The predicted octanol–water partition coefficient (Wildman–Crippen LogP) is 2.71. The van der Waals surface area contributed by atoms with Crippen molar-refractivity contribution in [1.82, 2.24) is 10.2 Å². The number of aliphatic carboxylic acids is 1. The van der Waals surface area contributed by atoms with Gasteiger partial charge in [0.25, 0.3) is 0 Å². The molecule has 1 aliphatic heterocycles. The van der Waals surface area contributed by atoms with Gasteiger partial charge in [-0.3, -0.25) is 4.79 Å². The lowest BCUT2D eigenvalue weighted by atomic mass is 9.78. The number of carbonyl (C=O) groups is 2. The van der Waals surface area contributed by atoms with Crippen molar-refractivity contribution in [2.45, 2.75) is 52.9 Å². The number of nitrogens with zero attached hydrogens (tertiary/aromatic N) is 1. The summed E-state index contributed by atoms with van der Waals surface area (Å²) in [5.74, 6) is -0.787. The zero-order valence-electron chi connectivity index (χ0n) is 12.9. The zero-order valence-corrected chi connectivity index (χ0v) is 12.9. The van der Waals surface area contributed by atoms with E-state index in [-0.39, 0.29) is 18.4 Å². The van der Waals surface area contributed by atoms with Crippen molar-refractivity contribution in [2.75, 3.05) is 19.6 Å². The summed E-state index contributed by atoms with van der Waals surface area (Å²) in [7, 11) is 0. The fraction of sp³-hybridized carbons (Fsp3) is 0.867. The van der Waals surface area contributed by atoms with Crippen LogP contribution in [0.1, 0.15) is 52.9 Å². The van der Waals surface area contributed by atoms with Crippen LogP contribution in [0, 0.1) is 11.3 Å². The second-order valence-electron chi connectivity index (χ2n) is 6.21. The maximum absolute atomic E-state index is 12.1. The highest BCUT2D eigenvalue weighted by atomic mass is 16.4. The minimum absolute atomic E-state index is 0.0159. The largest absolute Gasteiger partial charge is 0.481 e. The molecule has 1 aliphatic rings. The molecule has 0 aromatic rings. The molecule has 0 aromatic heterocycles. The van der Waals surface area contributed by atoms with Crippen LogP contribution >= 0.6 is 0 Å². The fourth-order valence-electron chi connectivity index (χ4n) is 2.55. The minimum atomic E-state index is -0.803. The Labute approximate surface area is 121 Å². The Bertz CT molecular complexity index is 336. The third-order valence-corrected chi connectivity index (χ3v) is 4.69. The first-order chi connectivity index (χ1) is 9.40. The molecule has 20 heavy (non-hydrogen) atoms. The Morgan fingerprint density at radius 3 is 2.35 bits per heavy atom. The van der Waals surface area contributed by atoms with E-state index in [4.69, 9.17) is 5.11 Å². The van der Waals surface area contributed by atoms with E-state index in [9.17, 15) is 9.59 Å². The van der Waals surface area contributed by atoms with Gasteiger partial charge in [-0.05, 0) is 24.2 Å². The van der Waals surface area contributed by atoms with Crippen LogP contribution < -0.4 is 5.32 Å². The summed E-state index contributed by atoms with van der Waals surface area (Å²) in [5.41, 5.74) is 0.367. The van der Waals surface area contributed by atoms with E-state index in [0.717, 1.165) is 38.8 Å². The topological polar surface area (TPSA) is 69.6 Å². The maximum atomic E-state index is 12.1. The molecule has 0 bridgehead atoms. The lowest BCUT2D eigenvalue weighted by molar-refractivity contribution is -0.138. The molecule has 0 aliphatic carbocycles. The van der Waals surface area contributed by atoms with Crippen LogP contribution in [0.4, 0.5) is 4.79 Å². The normalized spacial score (nSPS) is 19.4. The molecule has 1 fully saturated rings. The van der Waals surface area contributed by atoms with Gasteiger partial charge in [-0.25, -0.2) is 4.79 Å². The molecule has 1 rings (SSSR count). The van der Waals surface area contributed by atoms with Crippen LogP contribution in [0.25, 0.3) is 0 Å². The van der Waals surface area contributed by atoms with Gasteiger partial charge in [0, 0.05) is 26.1 Å². The number of hydrogen-bond donors (Lipinski definition) is 2. The number of nitrogens with one attached hydrogen (secondary N) is 1. The van der Waals surface area contributed by atoms with Gasteiger partial charge in [-0.15, -0.1) is 0 Å². The van der Waals surface area contributed by atoms with Crippen LogP contribution in [0.5, 0.6) is 0 Å². The van der Waals surface area contributed by atoms with Crippen LogP contribution in [0.3, 0.4) is 0 Å². The SMILES string of the molecule is CCC(CNC(=O)N1CCC(C)(CC)CC1)CC(=O)O. The summed E-state index contributed by atoms with van der Waals surface area (Å²) in [4.78, 5) is 24.6. The van der Waals surface area contributed by atoms with Gasteiger partial charge < -0.3 is 15.3 Å². The zero-order chi connectivity index (χ0) is 15.2. The molecule has 2 N–H and O–H groups in total. The summed E-state index contributed by atoms with van der Waals surface area (Å²) in [6.07, 6.45) is 4.12. The standard InChI is InChI=1S/C15H28N2O3/c1-4-12(10-13(18)19)11-16-14(20)17-8-6-15(3,5-2)7-9-17/h12H,4-11H2,1-3H3,(H,16,20)(H,18,19). The molecule has 1 heterocycles. The Kier molecular flexibility index (Phi) is 6.30. The molecule has 1 saturated heterocycles. The highest BCUT2D eigenvalue weighted by molar-refractivity contribution is 5.74. The molecule has 0 spiro atoms. The molecule has 0 saturated carbocycles. The van der Waals surface area contributed by atoms with Crippen LogP contribution in [-0.2, 0) is 4.79 Å². The number of amides is 2. The lowest BCUT2D eigenvalue weighted by Crippen LogP contribution is -2.47. The Balaban J connectivity index is 2.35. The van der Waals surface area contributed by atoms with E-state index in [2.05, 4.69) is 19.2 Å². The molecule has 1 atom stereocenters. The van der Waals surface area contributed by atoms with E-state index >= 15 is 0 Å². The Morgan fingerprint density at radius 2 is 1.90 bits per heavy atom. The summed E-state index contributed by atoms with van der Waals surface area (Å²) < 4.78 is 0. The molecule has 0 aromatic carbocycles. The molecular formula is C15H28N2O3. The highest BCUT2D eigenvalue weighted by Crippen LogP contribution is 2.33. The minimum Gasteiger partial charge on any atom is -0.481 e. The molecule has 2 amide bonds.